The summed E-state index contributed by atoms with van der Waals surface area (Å²) >= 11 is 5.76. The smallest absolute Gasteiger partial charge is 0.314 e. The number of carbonyl (C=O) groups is 2. The van der Waals surface area contributed by atoms with Crippen molar-refractivity contribution < 1.29 is 28.9 Å². The SMILES string of the molecule is C#CCOc1ccc(CCNC(=O)C(O)CC(=O)Oc2ccc(Cl)cc2)cc1OC. The van der Waals surface area contributed by atoms with Gasteiger partial charge in [-0.15, -0.1) is 6.42 Å². The van der Waals surface area contributed by atoms with Crippen LogP contribution in [-0.2, 0) is 16.0 Å². The Morgan fingerprint density at radius 1 is 1.20 bits per heavy atom. The molecule has 0 aliphatic rings. The lowest BCUT2D eigenvalue weighted by molar-refractivity contribution is -0.141. The summed E-state index contributed by atoms with van der Waals surface area (Å²) in [6, 6.07) is 11.5. The molecule has 0 heterocycles. The molecular weight excluding hydrogens is 410 g/mol. The van der Waals surface area contributed by atoms with Crippen LogP contribution in [-0.4, -0.2) is 43.3 Å². The summed E-state index contributed by atoms with van der Waals surface area (Å²) in [5.74, 6) is 2.32. The highest BCUT2D eigenvalue weighted by molar-refractivity contribution is 6.30. The number of benzene rings is 2. The van der Waals surface area contributed by atoms with Gasteiger partial charge in [0.2, 0.25) is 5.91 Å². The van der Waals surface area contributed by atoms with Crippen molar-refractivity contribution in [1.29, 1.82) is 0 Å². The van der Waals surface area contributed by atoms with Crippen molar-refractivity contribution in [1.82, 2.24) is 5.32 Å². The average Bonchev–Trinajstić information content (AvgIpc) is 2.74. The quantitative estimate of drug-likeness (QED) is 0.341. The molecule has 1 amide bonds. The first kappa shape index (κ1) is 23.1. The van der Waals surface area contributed by atoms with Gasteiger partial charge in [-0.05, 0) is 48.4 Å². The molecule has 2 aromatic rings. The Hall–Kier alpha value is -3.21. The van der Waals surface area contributed by atoms with Crippen molar-refractivity contribution in [2.24, 2.45) is 0 Å². The number of esters is 1. The number of terminal acetylenes is 1. The van der Waals surface area contributed by atoms with Crippen molar-refractivity contribution in [3.63, 3.8) is 0 Å². The summed E-state index contributed by atoms with van der Waals surface area (Å²) in [6.45, 7) is 0.389. The molecule has 0 fully saturated rings. The maximum Gasteiger partial charge on any atom is 0.314 e. The molecular formula is C22H22ClNO6. The van der Waals surface area contributed by atoms with Crippen LogP contribution in [0.5, 0.6) is 17.2 Å². The largest absolute Gasteiger partial charge is 0.493 e. The highest BCUT2D eigenvalue weighted by Crippen LogP contribution is 2.28. The first-order chi connectivity index (χ1) is 14.4. The molecule has 8 heteroatoms. The molecule has 0 bridgehead atoms. The lowest BCUT2D eigenvalue weighted by Gasteiger charge is -2.13. The van der Waals surface area contributed by atoms with Crippen LogP contribution in [0.4, 0.5) is 0 Å². The fourth-order valence-electron chi connectivity index (χ4n) is 2.48. The zero-order chi connectivity index (χ0) is 21.9. The summed E-state index contributed by atoms with van der Waals surface area (Å²) in [5.41, 5.74) is 0.886. The molecule has 1 atom stereocenters. The Morgan fingerprint density at radius 2 is 1.93 bits per heavy atom. The third kappa shape index (κ3) is 7.32. The second kappa shape index (κ2) is 11.7. The number of aliphatic hydroxyl groups is 1. The zero-order valence-electron chi connectivity index (χ0n) is 16.4. The van der Waals surface area contributed by atoms with Gasteiger partial charge in [0.1, 0.15) is 18.5 Å². The predicted octanol–water partition coefficient (Wildman–Crippen LogP) is 2.38. The van der Waals surface area contributed by atoms with E-state index < -0.39 is 24.4 Å². The van der Waals surface area contributed by atoms with Crippen LogP contribution < -0.4 is 19.5 Å². The summed E-state index contributed by atoms with van der Waals surface area (Å²) in [7, 11) is 1.52. The van der Waals surface area contributed by atoms with Gasteiger partial charge in [-0.25, -0.2) is 0 Å². The Balaban J connectivity index is 1.78. The Kier molecular flexibility index (Phi) is 9.01. The molecule has 7 nitrogen and oxygen atoms in total. The van der Waals surface area contributed by atoms with Gasteiger partial charge in [0.25, 0.3) is 0 Å². The van der Waals surface area contributed by atoms with Gasteiger partial charge in [-0.2, -0.15) is 0 Å². The summed E-state index contributed by atoms with van der Waals surface area (Å²) < 4.78 is 15.7. The number of methoxy groups -OCH3 is 1. The molecule has 2 N–H and O–H groups in total. The zero-order valence-corrected chi connectivity index (χ0v) is 17.1. The molecule has 0 aliphatic heterocycles. The molecule has 0 saturated heterocycles. The lowest BCUT2D eigenvalue weighted by Crippen LogP contribution is -2.37. The minimum Gasteiger partial charge on any atom is -0.493 e. The van der Waals surface area contributed by atoms with Gasteiger partial charge in [0, 0.05) is 11.6 Å². The maximum absolute atomic E-state index is 12.0. The van der Waals surface area contributed by atoms with Crippen LogP contribution in [0.15, 0.2) is 42.5 Å². The summed E-state index contributed by atoms with van der Waals surface area (Å²) in [6.07, 6.45) is 3.68. The third-order valence-corrected chi connectivity index (χ3v) is 4.21. The highest BCUT2D eigenvalue weighted by Gasteiger charge is 2.20. The maximum atomic E-state index is 12.0. The van der Waals surface area contributed by atoms with E-state index in [-0.39, 0.29) is 18.9 Å². The minimum atomic E-state index is -1.51. The van der Waals surface area contributed by atoms with Crippen LogP contribution in [0.3, 0.4) is 0 Å². The van der Waals surface area contributed by atoms with E-state index >= 15 is 0 Å². The number of ether oxygens (including phenoxy) is 3. The molecule has 0 aliphatic carbocycles. The van der Waals surface area contributed by atoms with E-state index in [0.29, 0.717) is 22.9 Å². The van der Waals surface area contributed by atoms with E-state index in [9.17, 15) is 14.7 Å². The Bertz CT molecular complexity index is 907. The molecule has 0 saturated carbocycles. The van der Waals surface area contributed by atoms with E-state index in [0.717, 1.165) is 5.56 Å². The van der Waals surface area contributed by atoms with Crippen molar-refractivity contribution in [2.45, 2.75) is 18.9 Å². The third-order valence-electron chi connectivity index (χ3n) is 3.96. The van der Waals surface area contributed by atoms with E-state index in [1.54, 1.807) is 24.3 Å². The molecule has 0 spiro atoms. The van der Waals surface area contributed by atoms with Crippen LogP contribution in [0.1, 0.15) is 12.0 Å². The van der Waals surface area contributed by atoms with Crippen molar-refractivity contribution >= 4 is 23.5 Å². The number of amides is 1. The number of aliphatic hydroxyl groups excluding tert-OH is 1. The lowest BCUT2D eigenvalue weighted by atomic mass is 10.1. The summed E-state index contributed by atoms with van der Waals surface area (Å²) in [4.78, 5) is 23.9. The molecule has 0 aromatic heterocycles. The van der Waals surface area contributed by atoms with E-state index in [1.165, 1.54) is 19.2 Å². The minimum absolute atomic E-state index is 0.129. The monoisotopic (exact) mass is 431 g/mol. The van der Waals surface area contributed by atoms with Gasteiger partial charge in [0.05, 0.1) is 13.5 Å². The normalized spacial score (nSPS) is 11.1. The highest BCUT2D eigenvalue weighted by atomic mass is 35.5. The summed E-state index contributed by atoms with van der Waals surface area (Å²) in [5, 5.41) is 13.0. The first-order valence-corrected chi connectivity index (χ1v) is 9.46. The van der Waals surface area contributed by atoms with E-state index in [4.69, 9.17) is 32.2 Å². The molecule has 2 rings (SSSR count). The van der Waals surface area contributed by atoms with Crippen LogP contribution in [0, 0.1) is 12.3 Å². The van der Waals surface area contributed by atoms with Gasteiger partial charge in [-0.1, -0.05) is 23.6 Å². The van der Waals surface area contributed by atoms with E-state index in [1.807, 2.05) is 6.07 Å². The number of hydrogen-bond donors (Lipinski definition) is 2. The van der Waals surface area contributed by atoms with Crippen molar-refractivity contribution in [3.8, 4) is 29.6 Å². The number of nitrogens with one attached hydrogen (secondary N) is 1. The molecule has 30 heavy (non-hydrogen) atoms. The molecule has 1 unspecified atom stereocenters. The average molecular weight is 432 g/mol. The number of rotatable bonds is 10. The Morgan fingerprint density at radius 3 is 2.60 bits per heavy atom. The van der Waals surface area contributed by atoms with Gasteiger partial charge in [-0.3, -0.25) is 9.59 Å². The van der Waals surface area contributed by atoms with Gasteiger partial charge < -0.3 is 24.6 Å². The number of halogens is 1. The van der Waals surface area contributed by atoms with Gasteiger partial charge >= 0.3 is 5.97 Å². The Labute approximate surface area is 179 Å². The molecule has 2 aromatic carbocycles. The fraction of sp³-hybridized carbons (Fsp3) is 0.273. The molecule has 158 valence electrons. The fourth-order valence-corrected chi connectivity index (χ4v) is 2.61. The second-order valence-electron chi connectivity index (χ2n) is 6.17. The van der Waals surface area contributed by atoms with Crippen molar-refractivity contribution in [3.05, 3.63) is 53.1 Å². The number of hydrogen-bond acceptors (Lipinski definition) is 6. The van der Waals surface area contributed by atoms with Crippen molar-refractivity contribution in [2.75, 3.05) is 20.3 Å². The second-order valence-corrected chi connectivity index (χ2v) is 6.60. The van der Waals surface area contributed by atoms with Crippen LogP contribution in [0.25, 0.3) is 0 Å². The first-order valence-electron chi connectivity index (χ1n) is 9.08. The topological polar surface area (TPSA) is 94.1 Å². The predicted molar refractivity (Wildman–Crippen MR) is 112 cm³/mol. The van der Waals surface area contributed by atoms with Crippen LogP contribution in [0.2, 0.25) is 5.02 Å². The number of carbonyl (C=O) groups excluding carboxylic acids is 2. The molecule has 0 radical (unpaired) electrons. The standard InChI is InChI=1S/C22H22ClNO6/c1-3-12-29-19-9-4-15(13-20(19)28-2)10-11-24-22(27)18(25)14-21(26)30-17-7-5-16(23)6-8-17/h1,4-9,13,18,25H,10-12,14H2,2H3,(H,24,27). The van der Waals surface area contributed by atoms with E-state index in [2.05, 4.69) is 11.2 Å². The van der Waals surface area contributed by atoms with Crippen LogP contribution >= 0.6 is 11.6 Å². The van der Waals surface area contributed by atoms with Gasteiger partial charge in [0.15, 0.2) is 11.5 Å².